The summed E-state index contributed by atoms with van der Waals surface area (Å²) in [6, 6.07) is 16.4. The predicted octanol–water partition coefficient (Wildman–Crippen LogP) is 3.89. The fourth-order valence-corrected chi connectivity index (χ4v) is 3.10. The Balaban J connectivity index is 1.55. The first kappa shape index (κ1) is 19.3. The van der Waals surface area contributed by atoms with E-state index < -0.39 is 0 Å². The summed E-state index contributed by atoms with van der Waals surface area (Å²) in [6.07, 6.45) is 0. The van der Waals surface area contributed by atoms with Crippen LogP contribution in [0.1, 0.15) is 20.7 Å². The minimum Gasteiger partial charge on any atom is -0.399 e. The van der Waals surface area contributed by atoms with E-state index in [1.54, 1.807) is 60.7 Å². The van der Waals surface area contributed by atoms with E-state index in [0.717, 1.165) is 0 Å². The van der Waals surface area contributed by atoms with Gasteiger partial charge in [0, 0.05) is 22.5 Å². The minimum absolute atomic E-state index is 0.232. The molecule has 150 valence electrons. The summed E-state index contributed by atoms with van der Waals surface area (Å²) in [5.41, 5.74) is 14.7. The Bertz CT molecular complexity index is 1250. The van der Waals surface area contributed by atoms with Gasteiger partial charge in [0.1, 0.15) is 5.52 Å². The van der Waals surface area contributed by atoms with Gasteiger partial charge in [-0.3, -0.25) is 14.9 Å². The van der Waals surface area contributed by atoms with E-state index in [9.17, 15) is 9.59 Å². The average Bonchev–Trinajstić information content (AvgIpc) is 3.14. The number of benzene rings is 3. The van der Waals surface area contributed by atoms with Crippen LogP contribution in [0, 0.1) is 0 Å². The highest BCUT2D eigenvalue weighted by Crippen LogP contribution is 2.31. The number of halogens is 1. The highest BCUT2D eigenvalue weighted by molar-refractivity contribution is 6.38. The molecule has 0 saturated carbocycles. The number of imidazole rings is 1. The number of hydrogen-bond donors (Lipinski definition) is 5. The molecule has 30 heavy (non-hydrogen) atoms. The van der Waals surface area contributed by atoms with Crippen LogP contribution in [0.4, 0.5) is 23.0 Å². The molecule has 8 nitrogen and oxygen atoms in total. The highest BCUT2D eigenvalue weighted by atomic mass is 35.5. The molecule has 1 heterocycles. The standard InChI is InChI=1S/C21H17ClN6O2/c22-17-15(25-19(29)11-1-5-13(23)6-2-11)9-10-16-18(17)27-21(26-16)28-20(30)12-3-7-14(24)8-4-12/h1-10H,23-24H2,(H,25,29)(H2,26,27,28,30). The lowest BCUT2D eigenvalue weighted by Crippen LogP contribution is -2.12. The first-order valence-electron chi connectivity index (χ1n) is 8.93. The second-order valence-electron chi connectivity index (χ2n) is 6.56. The minimum atomic E-state index is -0.345. The number of carbonyl (C=O) groups excluding carboxylic acids is 2. The Kier molecular flexibility index (Phi) is 4.99. The lowest BCUT2D eigenvalue weighted by Gasteiger charge is -2.07. The van der Waals surface area contributed by atoms with Gasteiger partial charge in [-0.1, -0.05) is 11.6 Å². The van der Waals surface area contributed by atoms with E-state index >= 15 is 0 Å². The molecular weight excluding hydrogens is 404 g/mol. The Labute approximate surface area is 176 Å². The number of nitrogens with one attached hydrogen (secondary N) is 3. The lowest BCUT2D eigenvalue weighted by molar-refractivity contribution is 0.101. The zero-order chi connectivity index (χ0) is 21.3. The number of nitrogens with zero attached hydrogens (tertiary/aromatic N) is 1. The van der Waals surface area contributed by atoms with Gasteiger partial charge in [-0.25, -0.2) is 4.98 Å². The second-order valence-corrected chi connectivity index (χ2v) is 6.94. The van der Waals surface area contributed by atoms with Crippen LogP contribution in [0.25, 0.3) is 11.0 Å². The molecule has 0 saturated heterocycles. The van der Waals surface area contributed by atoms with Crippen molar-refractivity contribution in [2.45, 2.75) is 0 Å². The van der Waals surface area contributed by atoms with Gasteiger partial charge >= 0.3 is 0 Å². The van der Waals surface area contributed by atoms with Crippen molar-refractivity contribution < 1.29 is 9.59 Å². The molecule has 0 aliphatic heterocycles. The van der Waals surface area contributed by atoms with Crippen molar-refractivity contribution in [3.63, 3.8) is 0 Å². The fourth-order valence-electron chi connectivity index (χ4n) is 2.84. The maximum atomic E-state index is 12.4. The van der Waals surface area contributed by atoms with Crippen LogP contribution in [0.5, 0.6) is 0 Å². The molecule has 1 aromatic heterocycles. The Morgan fingerprint density at radius 1 is 0.800 bits per heavy atom. The van der Waals surface area contributed by atoms with Gasteiger partial charge < -0.3 is 21.8 Å². The number of carbonyl (C=O) groups is 2. The molecule has 0 radical (unpaired) electrons. The molecule has 0 aliphatic carbocycles. The van der Waals surface area contributed by atoms with Crippen LogP contribution in [0.3, 0.4) is 0 Å². The predicted molar refractivity (Wildman–Crippen MR) is 119 cm³/mol. The fraction of sp³-hybridized carbons (Fsp3) is 0. The van der Waals surface area contributed by atoms with Crippen molar-refractivity contribution in [1.29, 1.82) is 0 Å². The van der Waals surface area contributed by atoms with E-state index in [1.165, 1.54) is 0 Å². The normalized spacial score (nSPS) is 10.7. The summed E-state index contributed by atoms with van der Waals surface area (Å²) in [6.45, 7) is 0. The van der Waals surface area contributed by atoms with Crippen LogP contribution < -0.4 is 22.1 Å². The maximum Gasteiger partial charge on any atom is 0.257 e. The Hall–Kier alpha value is -4.04. The zero-order valence-electron chi connectivity index (χ0n) is 15.6. The molecule has 4 aromatic rings. The first-order valence-corrected chi connectivity index (χ1v) is 9.30. The van der Waals surface area contributed by atoms with Crippen LogP contribution in [0.2, 0.25) is 5.02 Å². The van der Waals surface area contributed by atoms with E-state index in [2.05, 4.69) is 20.6 Å². The third-order valence-electron chi connectivity index (χ3n) is 4.42. The van der Waals surface area contributed by atoms with Crippen LogP contribution in [0.15, 0.2) is 60.7 Å². The van der Waals surface area contributed by atoms with Crippen LogP contribution in [-0.2, 0) is 0 Å². The van der Waals surface area contributed by atoms with Crippen molar-refractivity contribution in [2.75, 3.05) is 22.1 Å². The number of anilines is 4. The number of H-pyrrole nitrogens is 1. The van der Waals surface area contributed by atoms with Gasteiger partial charge in [-0.2, -0.15) is 0 Å². The van der Waals surface area contributed by atoms with E-state index in [-0.39, 0.29) is 22.8 Å². The molecule has 7 N–H and O–H groups in total. The average molecular weight is 421 g/mol. The van der Waals surface area contributed by atoms with Crippen molar-refractivity contribution >= 4 is 57.5 Å². The lowest BCUT2D eigenvalue weighted by atomic mass is 10.2. The van der Waals surface area contributed by atoms with Crippen molar-refractivity contribution in [1.82, 2.24) is 9.97 Å². The summed E-state index contributed by atoms with van der Waals surface area (Å²) >= 11 is 6.44. The van der Waals surface area contributed by atoms with Gasteiger partial charge in [-0.15, -0.1) is 0 Å². The van der Waals surface area contributed by atoms with Gasteiger partial charge in [0.15, 0.2) is 0 Å². The molecule has 9 heteroatoms. The van der Waals surface area contributed by atoms with Gasteiger partial charge in [0.2, 0.25) is 5.95 Å². The second kappa shape index (κ2) is 7.76. The monoisotopic (exact) mass is 420 g/mol. The van der Waals surface area contributed by atoms with Gasteiger partial charge in [0.05, 0.1) is 16.2 Å². The highest BCUT2D eigenvalue weighted by Gasteiger charge is 2.15. The molecule has 4 rings (SSSR count). The first-order chi connectivity index (χ1) is 14.4. The quantitative estimate of drug-likeness (QED) is 0.319. The number of aromatic nitrogens is 2. The number of nitrogens with two attached hydrogens (primary N) is 2. The summed E-state index contributed by atoms with van der Waals surface area (Å²) < 4.78 is 0. The number of aromatic amines is 1. The Morgan fingerprint density at radius 3 is 1.90 bits per heavy atom. The summed E-state index contributed by atoms with van der Waals surface area (Å²) in [5.74, 6) is -0.443. The molecule has 0 atom stereocenters. The topological polar surface area (TPSA) is 139 Å². The molecule has 0 bridgehead atoms. The van der Waals surface area contributed by atoms with E-state index in [1.807, 2.05) is 0 Å². The summed E-state index contributed by atoms with van der Waals surface area (Å²) in [5, 5.41) is 5.69. The molecule has 0 unspecified atom stereocenters. The summed E-state index contributed by atoms with van der Waals surface area (Å²) in [4.78, 5) is 32.1. The molecule has 3 aromatic carbocycles. The number of hydrogen-bond acceptors (Lipinski definition) is 5. The molecule has 0 fully saturated rings. The number of fused-ring (bicyclic) bond motifs is 1. The van der Waals surface area contributed by atoms with E-state index in [4.69, 9.17) is 23.1 Å². The number of nitrogen functional groups attached to an aromatic ring is 2. The summed E-state index contributed by atoms with van der Waals surface area (Å²) in [7, 11) is 0. The SMILES string of the molecule is Nc1ccc(C(=O)Nc2nc3c(Cl)c(NC(=O)c4ccc(N)cc4)ccc3[nH]2)cc1. The van der Waals surface area contributed by atoms with Gasteiger partial charge in [0.25, 0.3) is 11.8 Å². The third kappa shape index (κ3) is 3.89. The smallest absolute Gasteiger partial charge is 0.257 e. The van der Waals surface area contributed by atoms with E-state index in [0.29, 0.717) is 39.2 Å². The zero-order valence-corrected chi connectivity index (χ0v) is 16.3. The van der Waals surface area contributed by atoms with Crippen LogP contribution >= 0.6 is 11.6 Å². The van der Waals surface area contributed by atoms with Crippen molar-refractivity contribution in [3.05, 3.63) is 76.8 Å². The van der Waals surface area contributed by atoms with Crippen LogP contribution in [-0.4, -0.2) is 21.8 Å². The maximum absolute atomic E-state index is 12.4. The molecule has 0 aliphatic rings. The van der Waals surface area contributed by atoms with Gasteiger partial charge in [-0.05, 0) is 60.7 Å². The molecule has 2 amide bonds. The Morgan fingerprint density at radius 2 is 1.33 bits per heavy atom. The number of rotatable bonds is 4. The third-order valence-corrected chi connectivity index (χ3v) is 4.80. The van der Waals surface area contributed by atoms with Crippen molar-refractivity contribution in [3.8, 4) is 0 Å². The largest absolute Gasteiger partial charge is 0.399 e. The molecular formula is C21H17ClN6O2. The van der Waals surface area contributed by atoms with Crippen molar-refractivity contribution in [2.24, 2.45) is 0 Å². The number of amides is 2. The molecule has 0 spiro atoms.